The Morgan fingerprint density at radius 3 is 2.56 bits per heavy atom. The molecule has 9 heteroatoms. The monoisotopic (exact) mass is 374 g/mol. The zero-order valence-corrected chi connectivity index (χ0v) is 15.2. The summed E-state index contributed by atoms with van der Waals surface area (Å²) < 4.78 is 4.92. The Labute approximate surface area is 156 Å². The Hall–Kier alpha value is -3.23. The number of rotatable bonds is 6. The molecule has 9 nitrogen and oxygen atoms in total. The third kappa shape index (κ3) is 5.91. The molecule has 0 spiro atoms. The Balaban J connectivity index is 1.78. The van der Waals surface area contributed by atoms with E-state index in [0.717, 1.165) is 11.3 Å². The summed E-state index contributed by atoms with van der Waals surface area (Å²) in [6.45, 7) is 1.80. The predicted octanol–water partition coefficient (Wildman–Crippen LogP) is 0.790. The number of hydrazone groups is 1. The van der Waals surface area contributed by atoms with E-state index in [1.165, 1.54) is 19.0 Å². The van der Waals surface area contributed by atoms with Crippen molar-refractivity contribution >= 4 is 29.5 Å². The van der Waals surface area contributed by atoms with E-state index >= 15 is 0 Å². The number of carbonyl (C=O) groups is 4. The lowest BCUT2D eigenvalue weighted by Crippen LogP contribution is -2.43. The average molecular weight is 374 g/mol. The maximum atomic E-state index is 12.2. The van der Waals surface area contributed by atoms with Gasteiger partial charge in [-0.05, 0) is 12.5 Å². The molecule has 2 rings (SSSR count). The van der Waals surface area contributed by atoms with Gasteiger partial charge in [-0.15, -0.1) is 0 Å². The minimum absolute atomic E-state index is 0.0752. The van der Waals surface area contributed by atoms with Crippen LogP contribution in [-0.2, 0) is 19.1 Å². The van der Waals surface area contributed by atoms with Gasteiger partial charge in [0.1, 0.15) is 0 Å². The topological polar surface area (TPSA) is 117 Å². The van der Waals surface area contributed by atoms with Gasteiger partial charge in [-0.25, -0.2) is 9.80 Å². The number of esters is 1. The molecule has 0 fully saturated rings. The first kappa shape index (κ1) is 20.1. The second-order valence-corrected chi connectivity index (χ2v) is 5.88. The highest BCUT2D eigenvalue weighted by atomic mass is 16.5. The summed E-state index contributed by atoms with van der Waals surface area (Å²) in [5.41, 5.74) is 1.79. The molecule has 2 N–H and O–H groups in total. The Kier molecular flexibility index (Phi) is 7.04. The van der Waals surface area contributed by atoms with Gasteiger partial charge in [-0.1, -0.05) is 30.3 Å². The van der Waals surface area contributed by atoms with Crippen molar-refractivity contribution in [2.75, 3.05) is 13.6 Å². The molecule has 1 atom stereocenters. The standard InChI is InChI=1S/C18H22N4O5/c1-12(17(25)20-18(26)19-2)27-16(24)9-8-15(23)22-11-10-14(21-22)13-6-4-3-5-7-13/h3-7,12H,8-11H2,1-2H3,(H2,19,20,25,26)/t12-/m1/s1. The maximum absolute atomic E-state index is 12.2. The number of hydrogen-bond acceptors (Lipinski definition) is 6. The predicted molar refractivity (Wildman–Crippen MR) is 96.7 cm³/mol. The number of nitrogens with zero attached hydrogens (tertiary/aromatic N) is 2. The molecule has 144 valence electrons. The molecule has 0 unspecified atom stereocenters. The smallest absolute Gasteiger partial charge is 0.321 e. The summed E-state index contributed by atoms with van der Waals surface area (Å²) in [5.74, 6) is -1.74. The fourth-order valence-corrected chi connectivity index (χ4v) is 2.39. The van der Waals surface area contributed by atoms with Crippen LogP contribution < -0.4 is 10.6 Å². The highest BCUT2D eigenvalue weighted by molar-refractivity contribution is 6.02. The zero-order valence-electron chi connectivity index (χ0n) is 15.2. The van der Waals surface area contributed by atoms with Gasteiger partial charge >= 0.3 is 12.0 Å². The zero-order chi connectivity index (χ0) is 19.8. The normalized spacial score (nSPS) is 14.1. The third-order valence-corrected chi connectivity index (χ3v) is 3.88. The molecule has 0 aromatic heterocycles. The van der Waals surface area contributed by atoms with E-state index in [1.54, 1.807) is 0 Å². The molecule has 27 heavy (non-hydrogen) atoms. The lowest BCUT2D eigenvalue weighted by Gasteiger charge is -2.14. The minimum Gasteiger partial charge on any atom is -0.453 e. The Morgan fingerprint density at radius 2 is 1.89 bits per heavy atom. The molecular weight excluding hydrogens is 352 g/mol. The minimum atomic E-state index is -1.14. The van der Waals surface area contributed by atoms with Crippen molar-refractivity contribution in [3.05, 3.63) is 35.9 Å². The van der Waals surface area contributed by atoms with Crippen LogP contribution in [0.5, 0.6) is 0 Å². The van der Waals surface area contributed by atoms with Crippen LogP contribution in [0.2, 0.25) is 0 Å². The molecule has 0 saturated carbocycles. The number of ether oxygens (including phenoxy) is 1. The van der Waals surface area contributed by atoms with E-state index in [2.05, 4.69) is 10.4 Å². The molecule has 0 radical (unpaired) electrons. The first-order valence-electron chi connectivity index (χ1n) is 8.56. The number of benzene rings is 1. The molecule has 0 aliphatic carbocycles. The van der Waals surface area contributed by atoms with Gasteiger partial charge in [0.15, 0.2) is 6.10 Å². The maximum Gasteiger partial charge on any atom is 0.321 e. The molecule has 1 heterocycles. The van der Waals surface area contributed by atoms with Crippen LogP contribution in [0.3, 0.4) is 0 Å². The molecule has 1 aromatic rings. The molecule has 4 amide bonds. The summed E-state index contributed by atoms with van der Waals surface area (Å²) in [7, 11) is 1.36. The van der Waals surface area contributed by atoms with Gasteiger partial charge in [0.2, 0.25) is 5.91 Å². The van der Waals surface area contributed by atoms with Crippen molar-refractivity contribution in [2.24, 2.45) is 5.10 Å². The second kappa shape index (κ2) is 9.46. The van der Waals surface area contributed by atoms with Crippen molar-refractivity contribution < 1.29 is 23.9 Å². The Bertz CT molecular complexity index is 747. The van der Waals surface area contributed by atoms with Crippen molar-refractivity contribution in [3.8, 4) is 0 Å². The van der Waals surface area contributed by atoms with Crippen LogP contribution in [0.15, 0.2) is 35.4 Å². The largest absolute Gasteiger partial charge is 0.453 e. The number of imide groups is 1. The third-order valence-electron chi connectivity index (χ3n) is 3.88. The number of urea groups is 1. The van der Waals surface area contributed by atoms with Gasteiger partial charge in [0.05, 0.1) is 18.7 Å². The first-order valence-corrected chi connectivity index (χ1v) is 8.56. The molecule has 1 aliphatic heterocycles. The van der Waals surface area contributed by atoms with E-state index < -0.39 is 24.0 Å². The van der Waals surface area contributed by atoms with Crippen LogP contribution in [-0.4, -0.2) is 54.2 Å². The first-order chi connectivity index (χ1) is 12.9. The fourth-order valence-electron chi connectivity index (χ4n) is 2.39. The summed E-state index contributed by atoms with van der Waals surface area (Å²) in [5, 5.41) is 9.87. The van der Waals surface area contributed by atoms with Gasteiger partial charge in [0, 0.05) is 19.9 Å². The van der Waals surface area contributed by atoms with Gasteiger partial charge in [-0.2, -0.15) is 5.10 Å². The van der Waals surface area contributed by atoms with E-state index in [0.29, 0.717) is 13.0 Å². The fraction of sp³-hybridized carbons (Fsp3) is 0.389. The summed E-state index contributed by atoms with van der Waals surface area (Å²) in [6.07, 6.45) is -0.742. The molecule has 0 saturated heterocycles. The number of nitrogens with one attached hydrogen (secondary N) is 2. The number of carbonyl (C=O) groups excluding carboxylic acids is 4. The van der Waals surface area contributed by atoms with E-state index in [9.17, 15) is 19.2 Å². The van der Waals surface area contributed by atoms with Crippen LogP contribution in [0.4, 0.5) is 4.79 Å². The average Bonchev–Trinajstić information content (AvgIpc) is 3.16. The van der Waals surface area contributed by atoms with Crippen molar-refractivity contribution in [3.63, 3.8) is 0 Å². The number of amides is 4. The summed E-state index contributed by atoms with van der Waals surface area (Å²) in [6, 6.07) is 8.87. The summed E-state index contributed by atoms with van der Waals surface area (Å²) in [4.78, 5) is 46.7. The SMILES string of the molecule is CNC(=O)NC(=O)[C@@H](C)OC(=O)CCC(=O)N1CCC(c2ccccc2)=N1. The highest BCUT2D eigenvalue weighted by Crippen LogP contribution is 2.15. The lowest BCUT2D eigenvalue weighted by atomic mass is 10.1. The lowest BCUT2D eigenvalue weighted by molar-refractivity contribution is -0.155. The molecule has 1 aromatic carbocycles. The number of hydrogen-bond donors (Lipinski definition) is 2. The van der Waals surface area contributed by atoms with Gasteiger partial charge in [-0.3, -0.25) is 19.7 Å². The van der Waals surface area contributed by atoms with Crippen LogP contribution in [0.25, 0.3) is 0 Å². The van der Waals surface area contributed by atoms with E-state index in [-0.39, 0.29) is 18.7 Å². The molecule has 0 bridgehead atoms. The van der Waals surface area contributed by atoms with Crippen LogP contribution >= 0.6 is 0 Å². The van der Waals surface area contributed by atoms with E-state index in [4.69, 9.17) is 4.74 Å². The second-order valence-electron chi connectivity index (χ2n) is 5.88. The van der Waals surface area contributed by atoms with E-state index in [1.807, 2.05) is 35.6 Å². The van der Waals surface area contributed by atoms with Crippen LogP contribution in [0.1, 0.15) is 31.7 Å². The summed E-state index contributed by atoms with van der Waals surface area (Å²) >= 11 is 0. The van der Waals surface area contributed by atoms with Gasteiger partial charge < -0.3 is 10.1 Å². The quantitative estimate of drug-likeness (QED) is 0.714. The molecule has 1 aliphatic rings. The highest BCUT2D eigenvalue weighted by Gasteiger charge is 2.24. The van der Waals surface area contributed by atoms with Crippen molar-refractivity contribution in [1.82, 2.24) is 15.6 Å². The van der Waals surface area contributed by atoms with Crippen molar-refractivity contribution in [2.45, 2.75) is 32.3 Å². The van der Waals surface area contributed by atoms with Crippen molar-refractivity contribution in [1.29, 1.82) is 0 Å². The molecular formula is C18H22N4O5. The van der Waals surface area contributed by atoms with Crippen LogP contribution in [0, 0.1) is 0 Å². The van der Waals surface area contributed by atoms with Gasteiger partial charge in [0.25, 0.3) is 5.91 Å². The Morgan fingerprint density at radius 1 is 1.19 bits per heavy atom.